The molecule has 0 amide bonds. The van der Waals surface area contributed by atoms with Gasteiger partial charge in [-0.25, -0.2) is 13.8 Å². The molecule has 0 aliphatic heterocycles. The lowest BCUT2D eigenvalue weighted by Crippen LogP contribution is -2.07. The molecule has 7 heteroatoms. The molecule has 0 atom stereocenters. The van der Waals surface area contributed by atoms with Gasteiger partial charge in [-0.3, -0.25) is 4.79 Å². The van der Waals surface area contributed by atoms with E-state index < -0.39 is 11.6 Å². The van der Waals surface area contributed by atoms with Gasteiger partial charge in [0.25, 0.3) is 5.56 Å². The van der Waals surface area contributed by atoms with E-state index in [4.69, 9.17) is 0 Å². The Morgan fingerprint density at radius 3 is 2.76 bits per heavy atom. The summed E-state index contributed by atoms with van der Waals surface area (Å²) in [6.07, 6.45) is 1.25. The van der Waals surface area contributed by atoms with Crippen molar-refractivity contribution in [2.45, 2.75) is 9.92 Å². The van der Waals surface area contributed by atoms with Crippen LogP contribution >= 0.6 is 27.7 Å². The largest absolute Gasteiger partial charge is 0.312 e. The average Bonchev–Trinajstić information content (AvgIpc) is 2.30. The number of aromatic nitrogens is 2. The highest BCUT2D eigenvalue weighted by Gasteiger charge is 2.09. The fraction of sp³-hybridized carbons (Fsp3) is 0. The van der Waals surface area contributed by atoms with Crippen LogP contribution in [0.15, 0.2) is 43.7 Å². The maximum atomic E-state index is 13.0. The van der Waals surface area contributed by atoms with E-state index in [9.17, 15) is 13.6 Å². The van der Waals surface area contributed by atoms with Gasteiger partial charge in [-0.2, -0.15) is 0 Å². The molecule has 0 radical (unpaired) electrons. The van der Waals surface area contributed by atoms with Crippen LogP contribution < -0.4 is 5.56 Å². The fourth-order valence-electron chi connectivity index (χ4n) is 1.09. The quantitative estimate of drug-likeness (QED) is 0.866. The van der Waals surface area contributed by atoms with Crippen molar-refractivity contribution in [3.05, 3.63) is 51.0 Å². The third-order valence-electron chi connectivity index (χ3n) is 1.87. The molecule has 1 aromatic heterocycles. The van der Waals surface area contributed by atoms with Gasteiger partial charge in [0.05, 0.1) is 6.33 Å². The molecule has 0 aliphatic carbocycles. The zero-order valence-electron chi connectivity index (χ0n) is 8.21. The first-order valence-corrected chi connectivity index (χ1v) is 6.05. The number of nitrogens with one attached hydrogen (secondary N) is 1. The van der Waals surface area contributed by atoms with Crippen molar-refractivity contribution in [1.29, 1.82) is 0 Å². The minimum Gasteiger partial charge on any atom is -0.312 e. The first kappa shape index (κ1) is 12.3. The van der Waals surface area contributed by atoms with Crippen molar-refractivity contribution in [1.82, 2.24) is 9.97 Å². The van der Waals surface area contributed by atoms with Crippen LogP contribution in [-0.2, 0) is 0 Å². The van der Waals surface area contributed by atoms with Crippen LogP contribution in [0.1, 0.15) is 0 Å². The Morgan fingerprint density at radius 2 is 2.06 bits per heavy atom. The number of rotatable bonds is 2. The summed E-state index contributed by atoms with van der Waals surface area (Å²) in [5, 5.41) is 0.389. The second-order valence-electron chi connectivity index (χ2n) is 3.03. The molecule has 0 bridgehead atoms. The van der Waals surface area contributed by atoms with E-state index in [1.807, 2.05) is 0 Å². The second kappa shape index (κ2) is 4.97. The second-order valence-corrected chi connectivity index (χ2v) is 4.88. The van der Waals surface area contributed by atoms with Crippen molar-refractivity contribution < 1.29 is 8.78 Å². The van der Waals surface area contributed by atoms with E-state index in [0.717, 1.165) is 23.9 Å². The van der Waals surface area contributed by atoms with Gasteiger partial charge in [0.1, 0.15) is 9.50 Å². The summed E-state index contributed by atoms with van der Waals surface area (Å²) in [5.74, 6) is -1.84. The van der Waals surface area contributed by atoms with Gasteiger partial charge in [-0.1, -0.05) is 11.8 Å². The highest BCUT2D eigenvalue weighted by atomic mass is 79.9. The summed E-state index contributed by atoms with van der Waals surface area (Å²) in [4.78, 5) is 18.0. The zero-order chi connectivity index (χ0) is 12.4. The number of H-pyrrole nitrogens is 1. The average molecular weight is 319 g/mol. The minimum atomic E-state index is -0.934. The summed E-state index contributed by atoms with van der Waals surface area (Å²) < 4.78 is 25.9. The first-order valence-electron chi connectivity index (χ1n) is 4.44. The fourth-order valence-corrected chi connectivity index (χ4v) is 2.36. The number of halogens is 3. The topological polar surface area (TPSA) is 45.8 Å². The van der Waals surface area contributed by atoms with E-state index in [1.165, 1.54) is 12.4 Å². The molecule has 1 aromatic carbocycles. The van der Waals surface area contributed by atoms with E-state index in [1.54, 1.807) is 0 Å². The number of hydrogen-bond donors (Lipinski definition) is 1. The maximum absolute atomic E-state index is 13.0. The molecule has 3 nitrogen and oxygen atoms in total. The Balaban J connectivity index is 2.35. The predicted molar refractivity (Wildman–Crippen MR) is 63.0 cm³/mol. The Hall–Kier alpha value is -1.21. The molecule has 2 aromatic rings. The van der Waals surface area contributed by atoms with Crippen molar-refractivity contribution in [3.8, 4) is 0 Å². The van der Waals surface area contributed by atoms with Crippen molar-refractivity contribution >= 4 is 27.7 Å². The lowest BCUT2D eigenvalue weighted by Gasteiger charge is -2.02. The molecular weight excluding hydrogens is 314 g/mol. The lowest BCUT2D eigenvalue weighted by atomic mass is 10.3. The summed E-state index contributed by atoms with van der Waals surface area (Å²) in [5.41, 5.74) is -0.329. The van der Waals surface area contributed by atoms with Crippen LogP contribution in [0.2, 0.25) is 0 Å². The zero-order valence-corrected chi connectivity index (χ0v) is 10.6. The highest BCUT2D eigenvalue weighted by Crippen LogP contribution is 2.30. The predicted octanol–water partition coefficient (Wildman–Crippen LogP) is 2.96. The molecule has 2 rings (SSSR count). The Labute approximate surface area is 107 Å². The SMILES string of the molecule is O=c1[nH]cnc(Sc2ccc(F)c(F)c2)c1Br. The smallest absolute Gasteiger partial charge is 0.266 e. The van der Waals surface area contributed by atoms with Crippen molar-refractivity contribution in [3.63, 3.8) is 0 Å². The van der Waals surface area contributed by atoms with Gasteiger partial charge >= 0.3 is 0 Å². The normalized spacial score (nSPS) is 10.5. The van der Waals surface area contributed by atoms with Gasteiger partial charge in [0, 0.05) is 4.90 Å². The van der Waals surface area contributed by atoms with E-state index in [0.29, 0.717) is 9.92 Å². The number of benzene rings is 1. The number of aromatic amines is 1. The first-order chi connectivity index (χ1) is 8.08. The number of hydrogen-bond acceptors (Lipinski definition) is 3. The van der Waals surface area contributed by atoms with Crippen LogP contribution in [0, 0.1) is 11.6 Å². The lowest BCUT2D eigenvalue weighted by molar-refractivity contribution is 0.506. The van der Waals surface area contributed by atoms with E-state index in [-0.39, 0.29) is 10.0 Å². The highest BCUT2D eigenvalue weighted by molar-refractivity contribution is 9.10. The summed E-state index contributed by atoms with van der Waals surface area (Å²) in [6, 6.07) is 3.49. The van der Waals surface area contributed by atoms with Gasteiger partial charge in [-0.15, -0.1) is 0 Å². The van der Waals surface area contributed by atoms with Crippen LogP contribution in [0.3, 0.4) is 0 Å². The molecule has 1 heterocycles. The van der Waals surface area contributed by atoms with Crippen LogP contribution in [-0.4, -0.2) is 9.97 Å². The molecule has 0 saturated carbocycles. The van der Waals surface area contributed by atoms with Crippen LogP contribution in [0.5, 0.6) is 0 Å². The Morgan fingerprint density at radius 1 is 1.29 bits per heavy atom. The molecule has 0 spiro atoms. The molecular formula is C10H5BrF2N2OS. The van der Waals surface area contributed by atoms with Crippen molar-refractivity contribution in [2.24, 2.45) is 0 Å². The van der Waals surface area contributed by atoms with E-state index >= 15 is 0 Å². The molecule has 0 saturated heterocycles. The van der Waals surface area contributed by atoms with Gasteiger partial charge in [0.2, 0.25) is 0 Å². The van der Waals surface area contributed by atoms with Crippen LogP contribution in [0.4, 0.5) is 8.78 Å². The maximum Gasteiger partial charge on any atom is 0.266 e. The number of nitrogens with zero attached hydrogens (tertiary/aromatic N) is 1. The van der Waals surface area contributed by atoms with Gasteiger partial charge in [-0.05, 0) is 34.1 Å². The summed E-state index contributed by atoms with van der Waals surface area (Å²) >= 11 is 4.14. The summed E-state index contributed by atoms with van der Waals surface area (Å²) in [7, 11) is 0. The van der Waals surface area contributed by atoms with Crippen LogP contribution in [0.25, 0.3) is 0 Å². The third kappa shape index (κ3) is 2.73. The minimum absolute atomic E-state index is 0.259. The van der Waals surface area contributed by atoms with Crippen molar-refractivity contribution in [2.75, 3.05) is 0 Å². The molecule has 88 valence electrons. The summed E-state index contributed by atoms with van der Waals surface area (Å²) in [6.45, 7) is 0. The monoisotopic (exact) mass is 318 g/mol. The molecule has 1 N–H and O–H groups in total. The molecule has 17 heavy (non-hydrogen) atoms. The Bertz CT molecular complexity index is 617. The van der Waals surface area contributed by atoms with Gasteiger partial charge in [0.15, 0.2) is 11.6 Å². The molecule has 0 unspecified atom stereocenters. The standard InChI is InChI=1S/C10H5BrF2N2OS/c11-8-9(16)14-4-15-10(8)17-5-1-2-6(12)7(13)3-5/h1-4H,(H,14,15,16). The van der Waals surface area contributed by atoms with Gasteiger partial charge < -0.3 is 4.98 Å². The Kier molecular flexibility index (Phi) is 3.58. The molecule has 0 fully saturated rings. The third-order valence-corrected chi connectivity index (χ3v) is 3.86. The van der Waals surface area contributed by atoms with E-state index in [2.05, 4.69) is 25.9 Å². The molecule has 0 aliphatic rings.